The molecule has 2 N–H and O–H groups in total. The van der Waals surface area contributed by atoms with Crippen LogP contribution in [0.5, 0.6) is 5.75 Å². The van der Waals surface area contributed by atoms with Gasteiger partial charge < -0.3 is 19.9 Å². The van der Waals surface area contributed by atoms with Crippen molar-refractivity contribution in [1.29, 1.82) is 0 Å². The Labute approximate surface area is 213 Å². The topological polar surface area (TPSA) is 86.9 Å². The number of carbonyl (C=O) groups excluding carboxylic acids is 2. The summed E-state index contributed by atoms with van der Waals surface area (Å²) in [6.45, 7) is 8.43. The molecule has 1 aromatic heterocycles. The maximum absolute atomic E-state index is 12.5. The lowest BCUT2D eigenvalue weighted by Gasteiger charge is -2.26. The Bertz CT molecular complexity index is 1130. The molecular formula is C28H38N4O4. The first-order chi connectivity index (χ1) is 17.2. The van der Waals surface area contributed by atoms with Crippen LogP contribution in [-0.4, -0.2) is 66.7 Å². The summed E-state index contributed by atoms with van der Waals surface area (Å²) in [4.78, 5) is 34.8. The molecule has 0 spiro atoms. The fourth-order valence-corrected chi connectivity index (χ4v) is 3.98. The second kappa shape index (κ2) is 12.6. The standard InChI is InChI=1S/C28H38N4O4/c1-28(2,3)36-32(20-33)19-22-13-11-21(12-14-22)8-7-16-31(4)17-15-29-27(34)25-18-23-24(30-25)9-6-10-26(23)35-5/h6,9-14,18,20,30H,7-8,15-17,19H2,1-5H3,(H,29,34). The quantitative estimate of drug-likeness (QED) is 0.275. The van der Waals surface area contributed by atoms with Crippen molar-refractivity contribution in [2.24, 2.45) is 0 Å². The largest absolute Gasteiger partial charge is 0.496 e. The maximum Gasteiger partial charge on any atom is 0.267 e. The highest BCUT2D eigenvalue weighted by Gasteiger charge is 2.16. The first kappa shape index (κ1) is 27.2. The molecule has 0 atom stereocenters. The number of nitrogens with one attached hydrogen (secondary N) is 2. The number of fused-ring (bicyclic) bond motifs is 1. The molecule has 0 saturated heterocycles. The van der Waals surface area contributed by atoms with Crippen LogP contribution in [0.15, 0.2) is 48.5 Å². The van der Waals surface area contributed by atoms with Crippen LogP contribution in [0.2, 0.25) is 0 Å². The number of amides is 2. The van der Waals surface area contributed by atoms with Gasteiger partial charge in [-0.15, -0.1) is 0 Å². The summed E-state index contributed by atoms with van der Waals surface area (Å²) in [6.07, 6.45) is 2.69. The monoisotopic (exact) mass is 494 g/mol. The Kier molecular flexibility index (Phi) is 9.50. The van der Waals surface area contributed by atoms with Crippen LogP contribution in [-0.2, 0) is 22.6 Å². The van der Waals surface area contributed by atoms with Crippen molar-refractivity contribution in [2.45, 2.75) is 45.8 Å². The van der Waals surface area contributed by atoms with Crippen LogP contribution < -0.4 is 10.1 Å². The van der Waals surface area contributed by atoms with E-state index in [1.165, 1.54) is 10.6 Å². The van der Waals surface area contributed by atoms with Gasteiger partial charge in [-0.2, -0.15) is 0 Å². The average molecular weight is 495 g/mol. The predicted octanol–water partition coefficient (Wildman–Crippen LogP) is 4.16. The lowest BCUT2D eigenvalue weighted by Crippen LogP contribution is -2.33. The highest BCUT2D eigenvalue weighted by atomic mass is 16.7. The summed E-state index contributed by atoms with van der Waals surface area (Å²) in [5.41, 5.74) is 3.27. The van der Waals surface area contributed by atoms with Gasteiger partial charge in [-0.3, -0.25) is 14.4 Å². The van der Waals surface area contributed by atoms with E-state index in [-0.39, 0.29) is 5.91 Å². The molecule has 0 aliphatic carbocycles. The zero-order valence-corrected chi connectivity index (χ0v) is 22.0. The van der Waals surface area contributed by atoms with Gasteiger partial charge in [0.1, 0.15) is 11.4 Å². The van der Waals surface area contributed by atoms with E-state index in [1.54, 1.807) is 7.11 Å². The Morgan fingerprint density at radius 3 is 2.47 bits per heavy atom. The molecule has 0 radical (unpaired) electrons. The molecule has 3 aromatic rings. The predicted molar refractivity (Wildman–Crippen MR) is 142 cm³/mol. The molecule has 8 nitrogen and oxygen atoms in total. The van der Waals surface area contributed by atoms with E-state index >= 15 is 0 Å². The summed E-state index contributed by atoms with van der Waals surface area (Å²) in [5, 5.41) is 5.21. The van der Waals surface area contributed by atoms with Crippen molar-refractivity contribution in [1.82, 2.24) is 20.3 Å². The number of H-pyrrole nitrogens is 1. The van der Waals surface area contributed by atoms with Crippen molar-refractivity contribution in [2.75, 3.05) is 33.8 Å². The number of likely N-dealkylation sites (N-methyl/N-ethyl adjacent to an activating group) is 1. The minimum Gasteiger partial charge on any atom is -0.496 e. The third-order valence-corrected chi connectivity index (χ3v) is 5.74. The van der Waals surface area contributed by atoms with Crippen LogP contribution in [0.25, 0.3) is 10.9 Å². The number of benzene rings is 2. The van der Waals surface area contributed by atoms with Crippen LogP contribution in [0, 0.1) is 0 Å². The van der Waals surface area contributed by atoms with Crippen molar-refractivity contribution >= 4 is 23.2 Å². The van der Waals surface area contributed by atoms with Gasteiger partial charge in [0, 0.05) is 24.0 Å². The lowest BCUT2D eigenvalue weighted by atomic mass is 10.1. The second-order valence-electron chi connectivity index (χ2n) is 9.97. The normalized spacial score (nSPS) is 11.6. The van der Waals surface area contributed by atoms with Gasteiger partial charge in [-0.05, 0) is 76.5 Å². The van der Waals surface area contributed by atoms with E-state index in [0.29, 0.717) is 18.8 Å². The number of hydrogen-bond donors (Lipinski definition) is 2. The highest BCUT2D eigenvalue weighted by Crippen LogP contribution is 2.25. The smallest absolute Gasteiger partial charge is 0.267 e. The van der Waals surface area contributed by atoms with Gasteiger partial charge in [0.2, 0.25) is 6.41 Å². The summed E-state index contributed by atoms with van der Waals surface area (Å²) in [5.74, 6) is 0.623. The van der Waals surface area contributed by atoms with E-state index in [2.05, 4.69) is 34.4 Å². The molecule has 0 aliphatic rings. The van der Waals surface area contributed by atoms with E-state index < -0.39 is 5.60 Å². The number of nitrogens with zero attached hydrogens (tertiary/aromatic N) is 2. The van der Waals surface area contributed by atoms with Crippen LogP contribution in [0.1, 0.15) is 48.8 Å². The Morgan fingerprint density at radius 2 is 1.81 bits per heavy atom. The molecule has 2 amide bonds. The van der Waals surface area contributed by atoms with Gasteiger partial charge in [-0.1, -0.05) is 30.3 Å². The molecule has 194 valence electrons. The fourth-order valence-electron chi connectivity index (χ4n) is 3.98. The molecule has 0 bridgehead atoms. The molecule has 36 heavy (non-hydrogen) atoms. The number of ether oxygens (including phenoxy) is 1. The summed E-state index contributed by atoms with van der Waals surface area (Å²) >= 11 is 0. The molecule has 0 unspecified atom stereocenters. The van der Waals surface area contributed by atoms with Crippen molar-refractivity contribution in [3.8, 4) is 5.75 Å². The van der Waals surface area contributed by atoms with Gasteiger partial charge >= 0.3 is 0 Å². The minimum absolute atomic E-state index is 0.122. The first-order valence-electron chi connectivity index (χ1n) is 12.3. The van der Waals surface area contributed by atoms with E-state index in [0.717, 1.165) is 54.6 Å². The minimum atomic E-state index is -0.416. The molecular weight excluding hydrogens is 456 g/mol. The molecule has 0 saturated carbocycles. The fraction of sp³-hybridized carbons (Fsp3) is 0.429. The molecule has 3 rings (SSSR count). The number of rotatable bonds is 13. The van der Waals surface area contributed by atoms with Crippen LogP contribution in [0.4, 0.5) is 0 Å². The molecule has 2 aromatic carbocycles. The third-order valence-electron chi connectivity index (χ3n) is 5.74. The summed E-state index contributed by atoms with van der Waals surface area (Å²) < 4.78 is 5.37. The number of methoxy groups -OCH3 is 1. The average Bonchev–Trinajstić information content (AvgIpc) is 3.28. The van der Waals surface area contributed by atoms with E-state index in [4.69, 9.17) is 9.57 Å². The number of aryl methyl sites for hydroxylation is 1. The van der Waals surface area contributed by atoms with Crippen molar-refractivity contribution in [3.05, 3.63) is 65.4 Å². The zero-order chi connectivity index (χ0) is 26.1. The van der Waals surface area contributed by atoms with Gasteiger partial charge in [0.25, 0.3) is 5.91 Å². The number of aromatic amines is 1. The van der Waals surface area contributed by atoms with Gasteiger partial charge in [0.05, 0.1) is 19.3 Å². The number of hydroxylamine groups is 2. The molecule has 0 fully saturated rings. The second-order valence-corrected chi connectivity index (χ2v) is 9.97. The van der Waals surface area contributed by atoms with E-state index in [9.17, 15) is 9.59 Å². The summed E-state index contributed by atoms with van der Waals surface area (Å²) in [7, 11) is 3.69. The Hall–Kier alpha value is -3.36. The van der Waals surface area contributed by atoms with E-state index in [1.807, 2.05) is 57.2 Å². The number of carbonyl (C=O) groups is 2. The zero-order valence-electron chi connectivity index (χ0n) is 22.0. The third kappa shape index (κ3) is 8.10. The SMILES string of the molecule is COc1cccc2[nH]c(C(=O)NCCN(C)CCCc3ccc(CN(C=O)OC(C)(C)C)cc3)cc12. The van der Waals surface area contributed by atoms with Crippen molar-refractivity contribution in [3.63, 3.8) is 0 Å². The van der Waals surface area contributed by atoms with Crippen molar-refractivity contribution < 1.29 is 19.2 Å². The van der Waals surface area contributed by atoms with Gasteiger partial charge in [-0.25, -0.2) is 5.06 Å². The molecule has 1 heterocycles. The number of hydrogen-bond acceptors (Lipinski definition) is 5. The maximum atomic E-state index is 12.5. The Balaban J connectivity index is 1.37. The highest BCUT2D eigenvalue weighted by molar-refractivity contribution is 5.99. The van der Waals surface area contributed by atoms with Crippen LogP contribution in [0.3, 0.4) is 0 Å². The molecule has 8 heteroatoms. The lowest BCUT2D eigenvalue weighted by molar-refractivity contribution is -0.220. The Morgan fingerprint density at radius 1 is 1.08 bits per heavy atom. The van der Waals surface area contributed by atoms with Crippen LogP contribution >= 0.6 is 0 Å². The van der Waals surface area contributed by atoms with Gasteiger partial charge in [0.15, 0.2) is 0 Å². The first-order valence-corrected chi connectivity index (χ1v) is 12.3. The molecule has 0 aliphatic heterocycles. The summed E-state index contributed by atoms with van der Waals surface area (Å²) in [6, 6.07) is 15.8. The number of aromatic nitrogens is 1.